The Morgan fingerprint density at radius 2 is 1.72 bits per heavy atom. The van der Waals surface area contributed by atoms with Crippen molar-refractivity contribution in [2.75, 3.05) is 19.6 Å². The summed E-state index contributed by atoms with van der Waals surface area (Å²) in [5.74, 6) is -0.987. The van der Waals surface area contributed by atoms with Gasteiger partial charge in [-0.25, -0.2) is 4.79 Å². The molecule has 0 bridgehead atoms. The van der Waals surface area contributed by atoms with E-state index in [1.54, 1.807) is 41.3 Å². The lowest BCUT2D eigenvalue weighted by Crippen LogP contribution is -2.40. The van der Waals surface area contributed by atoms with Gasteiger partial charge >= 0.3 is 5.97 Å². The highest BCUT2D eigenvalue weighted by atomic mass is 32.2. The molecule has 0 unspecified atom stereocenters. The molecule has 0 radical (unpaired) electrons. The molecule has 2 aromatic rings. The molecule has 2 aliphatic heterocycles. The van der Waals surface area contributed by atoms with Crippen LogP contribution in [0.5, 0.6) is 5.75 Å². The third kappa shape index (κ3) is 4.75. The highest BCUT2D eigenvalue weighted by molar-refractivity contribution is 8.18. The van der Waals surface area contributed by atoms with E-state index < -0.39 is 17.1 Å². The van der Waals surface area contributed by atoms with Crippen molar-refractivity contribution in [1.82, 2.24) is 9.80 Å². The van der Waals surface area contributed by atoms with Crippen molar-refractivity contribution in [3.63, 3.8) is 0 Å². The number of thioether (sulfide) groups is 1. The van der Waals surface area contributed by atoms with Crippen LogP contribution in [-0.4, -0.2) is 52.5 Å². The summed E-state index contributed by atoms with van der Waals surface area (Å²) in [4.78, 5) is 52.9. The first-order valence-corrected chi connectivity index (χ1v) is 11.1. The Morgan fingerprint density at radius 3 is 2.44 bits per heavy atom. The largest absolute Gasteiger partial charge is 0.422 e. The summed E-state index contributed by atoms with van der Waals surface area (Å²) in [5, 5.41) is -0.483. The minimum atomic E-state index is -0.521. The average Bonchev–Trinajstić information content (AvgIpc) is 3.40. The molecule has 2 aromatic carbocycles. The Balaban J connectivity index is 1.50. The van der Waals surface area contributed by atoms with Crippen molar-refractivity contribution in [3.05, 3.63) is 70.1 Å². The monoisotopic (exact) mass is 450 g/mol. The van der Waals surface area contributed by atoms with E-state index in [1.807, 2.05) is 19.1 Å². The van der Waals surface area contributed by atoms with E-state index in [4.69, 9.17) is 4.74 Å². The summed E-state index contributed by atoms with van der Waals surface area (Å²) in [7, 11) is 0. The third-order valence-electron chi connectivity index (χ3n) is 5.32. The second-order valence-electron chi connectivity index (χ2n) is 7.65. The number of likely N-dealkylation sites (tertiary alicyclic amines) is 1. The standard InChI is InChI=1S/C24H22N2O5S/c1-16-8-10-17(11-9-16)23(29)31-19-7-3-2-6-18(19)14-20-22(28)26(24(30)32-20)15-21(27)25-12-4-5-13-25/h2-3,6-11,14H,4-5,12-13,15H2,1H3/b20-14-. The molecule has 0 N–H and O–H groups in total. The van der Waals surface area contributed by atoms with Crippen molar-refractivity contribution in [3.8, 4) is 5.75 Å². The fourth-order valence-corrected chi connectivity index (χ4v) is 4.35. The van der Waals surface area contributed by atoms with Crippen LogP contribution in [0.2, 0.25) is 0 Å². The number of ether oxygens (including phenoxy) is 1. The average molecular weight is 451 g/mol. The van der Waals surface area contributed by atoms with Gasteiger partial charge in [0.1, 0.15) is 12.3 Å². The zero-order valence-electron chi connectivity index (χ0n) is 17.6. The Kier molecular flexibility index (Phi) is 6.41. The number of benzene rings is 2. The highest BCUT2D eigenvalue weighted by Gasteiger charge is 2.37. The number of carbonyl (C=O) groups is 4. The van der Waals surface area contributed by atoms with E-state index >= 15 is 0 Å². The molecule has 7 nitrogen and oxygen atoms in total. The van der Waals surface area contributed by atoms with Gasteiger partial charge in [-0.05, 0) is 55.8 Å². The normalized spacial score (nSPS) is 17.3. The van der Waals surface area contributed by atoms with Crippen LogP contribution in [0.4, 0.5) is 4.79 Å². The first kappa shape index (κ1) is 21.8. The van der Waals surface area contributed by atoms with Crippen molar-refractivity contribution in [1.29, 1.82) is 0 Å². The predicted octanol–water partition coefficient (Wildman–Crippen LogP) is 3.87. The van der Waals surface area contributed by atoms with Crippen molar-refractivity contribution in [2.45, 2.75) is 19.8 Å². The number of aryl methyl sites for hydroxylation is 1. The number of esters is 1. The van der Waals surface area contributed by atoms with Crippen LogP contribution in [0, 0.1) is 6.92 Å². The minimum absolute atomic E-state index is 0.183. The van der Waals surface area contributed by atoms with E-state index in [-0.39, 0.29) is 23.1 Å². The molecule has 0 spiro atoms. The van der Waals surface area contributed by atoms with Crippen molar-refractivity contribution >= 4 is 40.9 Å². The summed E-state index contributed by atoms with van der Waals surface area (Å²) < 4.78 is 5.54. The van der Waals surface area contributed by atoms with Gasteiger partial charge in [0, 0.05) is 18.7 Å². The first-order valence-electron chi connectivity index (χ1n) is 10.3. The van der Waals surface area contributed by atoms with Gasteiger partial charge in [-0.3, -0.25) is 19.3 Å². The van der Waals surface area contributed by atoms with Crippen LogP contribution in [-0.2, 0) is 9.59 Å². The van der Waals surface area contributed by atoms with Crippen LogP contribution < -0.4 is 4.74 Å². The van der Waals surface area contributed by atoms with Crippen LogP contribution in [0.15, 0.2) is 53.4 Å². The molecule has 0 aromatic heterocycles. The number of para-hydroxylation sites is 1. The summed E-state index contributed by atoms with van der Waals surface area (Å²) in [5.41, 5.74) is 1.93. The lowest BCUT2D eigenvalue weighted by Gasteiger charge is -2.18. The van der Waals surface area contributed by atoms with E-state index in [1.165, 1.54) is 6.08 Å². The molecule has 0 saturated carbocycles. The lowest BCUT2D eigenvalue weighted by atomic mass is 10.1. The second-order valence-corrected chi connectivity index (χ2v) is 8.64. The molecular weight excluding hydrogens is 428 g/mol. The molecule has 0 aliphatic carbocycles. The first-order chi connectivity index (χ1) is 15.4. The number of hydrogen-bond donors (Lipinski definition) is 0. The fraction of sp³-hybridized carbons (Fsp3) is 0.250. The van der Waals surface area contributed by atoms with E-state index in [9.17, 15) is 19.2 Å². The van der Waals surface area contributed by atoms with E-state index in [0.717, 1.165) is 35.1 Å². The Morgan fingerprint density at radius 1 is 1.03 bits per heavy atom. The summed E-state index contributed by atoms with van der Waals surface area (Å²) >= 11 is 0.774. The minimum Gasteiger partial charge on any atom is -0.422 e. The molecule has 164 valence electrons. The quantitative estimate of drug-likeness (QED) is 0.391. The maximum atomic E-state index is 12.8. The van der Waals surface area contributed by atoms with Crippen LogP contribution in [0.3, 0.4) is 0 Å². The zero-order chi connectivity index (χ0) is 22.7. The number of nitrogens with zero attached hydrogens (tertiary/aromatic N) is 2. The fourth-order valence-electron chi connectivity index (χ4n) is 3.52. The number of imide groups is 1. The van der Waals surface area contributed by atoms with Gasteiger partial charge in [0.15, 0.2) is 0 Å². The molecule has 32 heavy (non-hydrogen) atoms. The second kappa shape index (κ2) is 9.40. The van der Waals surface area contributed by atoms with Gasteiger partial charge in [-0.2, -0.15) is 0 Å². The molecule has 0 atom stereocenters. The SMILES string of the molecule is Cc1ccc(C(=O)Oc2ccccc2/C=C2\SC(=O)N(CC(=O)N3CCCC3)C2=O)cc1. The van der Waals surface area contributed by atoms with Crippen molar-refractivity contribution < 1.29 is 23.9 Å². The molecule has 2 saturated heterocycles. The van der Waals surface area contributed by atoms with E-state index in [0.29, 0.717) is 24.2 Å². The lowest BCUT2D eigenvalue weighted by molar-refractivity contribution is -0.135. The summed E-state index contributed by atoms with van der Waals surface area (Å²) in [6.45, 7) is 2.98. The topological polar surface area (TPSA) is 84.0 Å². The Bertz CT molecular complexity index is 1100. The van der Waals surface area contributed by atoms with Gasteiger partial charge in [-0.15, -0.1) is 0 Å². The summed E-state index contributed by atoms with van der Waals surface area (Å²) in [6.07, 6.45) is 3.39. The molecule has 2 aliphatic rings. The maximum Gasteiger partial charge on any atom is 0.343 e. The zero-order valence-corrected chi connectivity index (χ0v) is 18.4. The van der Waals surface area contributed by atoms with Crippen LogP contribution in [0.25, 0.3) is 6.08 Å². The predicted molar refractivity (Wildman–Crippen MR) is 121 cm³/mol. The van der Waals surface area contributed by atoms with Gasteiger partial charge in [0.2, 0.25) is 5.91 Å². The van der Waals surface area contributed by atoms with Gasteiger partial charge in [-0.1, -0.05) is 35.9 Å². The van der Waals surface area contributed by atoms with Gasteiger partial charge in [0.25, 0.3) is 11.1 Å². The van der Waals surface area contributed by atoms with Gasteiger partial charge in [0.05, 0.1) is 10.5 Å². The molecule has 8 heteroatoms. The smallest absolute Gasteiger partial charge is 0.343 e. The molecular formula is C24H22N2O5S. The van der Waals surface area contributed by atoms with Crippen LogP contribution in [0.1, 0.15) is 34.3 Å². The van der Waals surface area contributed by atoms with E-state index in [2.05, 4.69) is 0 Å². The third-order valence-corrected chi connectivity index (χ3v) is 6.23. The molecule has 2 fully saturated rings. The van der Waals surface area contributed by atoms with Crippen LogP contribution >= 0.6 is 11.8 Å². The maximum absolute atomic E-state index is 12.8. The van der Waals surface area contributed by atoms with Gasteiger partial charge < -0.3 is 9.64 Å². The molecule has 3 amide bonds. The van der Waals surface area contributed by atoms with Crippen molar-refractivity contribution in [2.24, 2.45) is 0 Å². The molecule has 2 heterocycles. The highest BCUT2D eigenvalue weighted by Crippen LogP contribution is 2.34. The summed E-state index contributed by atoms with van der Waals surface area (Å²) in [6, 6.07) is 13.8. The Labute approximate surface area is 190 Å². The number of carbonyl (C=O) groups excluding carboxylic acids is 4. The number of hydrogen-bond acceptors (Lipinski definition) is 6. The number of rotatable bonds is 5. The Hall–Kier alpha value is -3.39. The number of amides is 3. The molecule has 4 rings (SSSR count).